The van der Waals surface area contributed by atoms with Gasteiger partial charge in [-0.1, -0.05) is 159 Å². The molecule has 0 bridgehead atoms. The van der Waals surface area contributed by atoms with Gasteiger partial charge < -0.3 is 0 Å². The maximum absolute atomic E-state index is 3.68. The van der Waals surface area contributed by atoms with Crippen LogP contribution in [0.3, 0.4) is 0 Å². The van der Waals surface area contributed by atoms with E-state index in [0.717, 1.165) is 36.3 Å². The molecular weight excluding hydrogens is 604 g/mol. The molecule has 0 saturated heterocycles. The molecule has 1 aliphatic rings. The van der Waals surface area contributed by atoms with Crippen LogP contribution in [0.1, 0.15) is 56.8 Å². The Morgan fingerprint density at radius 1 is 0.513 bits per heavy atom. The van der Waals surface area contributed by atoms with Gasteiger partial charge in [0.1, 0.15) is 0 Å². The highest BCUT2D eigenvalue weighted by atomic mass is 79.9. The summed E-state index contributed by atoms with van der Waals surface area (Å²) in [6.07, 6.45) is 15.4. The molecule has 0 N–H and O–H groups in total. The van der Waals surface area contributed by atoms with Crippen molar-refractivity contribution in [3.63, 3.8) is 0 Å². The van der Waals surface area contributed by atoms with Crippen LogP contribution in [0.5, 0.6) is 0 Å². The van der Waals surface area contributed by atoms with Crippen molar-refractivity contribution in [2.45, 2.75) is 42.3 Å². The lowest BCUT2D eigenvalue weighted by molar-refractivity contribution is 0.834. The zero-order chi connectivity index (χ0) is 26.9. The molecule has 1 aliphatic carbocycles. The van der Waals surface area contributed by atoms with Crippen molar-refractivity contribution in [1.29, 1.82) is 0 Å². The zero-order valence-electron chi connectivity index (χ0n) is 22.2. The lowest BCUT2D eigenvalue weighted by Crippen LogP contribution is -2.05. The Bertz CT molecular complexity index is 1490. The molecule has 4 aromatic rings. The number of halogens is 2. The van der Waals surface area contributed by atoms with Crippen molar-refractivity contribution in [3.8, 4) is 0 Å². The van der Waals surface area contributed by atoms with Crippen LogP contribution in [0.15, 0.2) is 133 Å². The fourth-order valence-electron chi connectivity index (χ4n) is 5.51. The van der Waals surface area contributed by atoms with Crippen molar-refractivity contribution < 1.29 is 0 Å². The van der Waals surface area contributed by atoms with E-state index in [-0.39, 0.29) is 0 Å². The monoisotopic (exact) mass is 636 g/mol. The maximum atomic E-state index is 3.68. The molecule has 0 heterocycles. The smallest absolute Gasteiger partial charge is 0.0285 e. The minimum absolute atomic E-state index is 0.342. The van der Waals surface area contributed by atoms with Gasteiger partial charge in [-0.3, -0.25) is 0 Å². The molecule has 0 spiro atoms. The highest BCUT2D eigenvalue weighted by Crippen LogP contribution is 2.31. The number of benzene rings is 4. The van der Waals surface area contributed by atoms with Crippen LogP contribution in [0.4, 0.5) is 0 Å². The first-order valence-electron chi connectivity index (χ1n) is 13.7. The summed E-state index contributed by atoms with van der Waals surface area (Å²) in [6, 6.07) is 35.5. The number of hydrogen-bond acceptors (Lipinski definition) is 0. The topological polar surface area (TPSA) is 0 Å². The summed E-state index contributed by atoms with van der Waals surface area (Å²) in [4.78, 5) is 0. The lowest BCUT2D eigenvalue weighted by atomic mass is 9.85. The number of alkyl halides is 2. The summed E-state index contributed by atoms with van der Waals surface area (Å²) in [5.41, 5.74) is 12.5. The van der Waals surface area contributed by atoms with Crippen LogP contribution < -0.4 is 0 Å². The van der Waals surface area contributed by atoms with Gasteiger partial charge in [-0.15, -0.1) is 0 Å². The van der Waals surface area contributed by atoms with E-state index in [2.05, 4.69) is 159 Å². The molecule has 0 nitrogen and oxygen atoms in total. The van der Waals surface area contributed by atoms with Crippen molar-refractivity contribution in [2.75, 3.05) is 0 Å². The number of hydrogen-bond donors (Lipinski definition) is 0. The molecule has 2 heteroatoms. The molecule has 196 valence electrons. The summed E-state index contributed by atoms with van der Waals surface area (Å²) < 4.78 is 0. The molecule has 0 amide bonds. The van der Waals surface area contributed by atoms with Crippen LogP contribution in [-0.4, -0.2) is 0 Å². The molecule has 5 rings (SSSR count). The Balaban J connectivity index is 1.45. The van der Waals surface area contributed by atoms with E-state index in [4.69, 9.17) is 0 Å². The van der Waals surface area contributed by atoms with Crippen LogP contribution in [0.25, 0.3) is 0 Å². The molecule has 0 fully saturated rings. The Morgan fingerprint density at radius 3 is 1.56 bits per heavy atom. The Hall–Kier alpha value is -2.94. The minimum Gasteiger partial charge on any atom is -0.0876 e. The van der Waals surface area contributed by atoms with Gasteiger partial charge in [0, 0.05) is 16.6 Å². The van der Waals surface area contributed by atoms with Crippen molar-refractivity contribution in [2.24, 2.45) is 0 Å². The standard InChI is InChI=1S/C37H34Br2/c38-26-35-19-8-6-15-31(35)24-30-14-5-4-13-29(30)22-28-12-2-1-3-17-33(23-28)37-21-11-10-18-34(37)25-32-16-7-9-20-36(32)27-39/h1-16,18-21,23,33H,17,22,24-27H2/b3-1-,12-2-,28-23-. The van der Waals surface area contributed by atoms with Gasteiger partial charge in [-0.2, -0.15) is 0 Å². The van der Waals surface area contributed by atoms with Crippen LogP contribution in [-0.2, 0) is 29.9 Å². The predicted octanol–water partition coefficient (Wildman–Crippen LogP) is 10.4. The fourth-order valence-corrected chi connectivity index (χ4v) is 6.60. The first-order valence-corrected chi connectivity index (χ1v) is 15.9. The van der Waals surface area contributed by atoms with Crippen LogP contribution in [0.2, 0.25) is 0 Å². The number of allylic oxidation sites excluding steroid dienone is 6. The van der Waals surface area contributed by atoms with E-state index in [1.807, 2.05) is 0 Å². The highest BCUT2D eigenvalue weighted by Gasteiger charge is 2.16. The Morgan fingerprint density at radius 2 is 0.974 bits per heavy atom. The first-order chi connectivity index (χ1) is 19.2. The second-order valence-corrected chi connectivity index (χ2v) is 11.3. The van der Waals surface area contributed by atoms with Gasteiger partial charge in [0.2, 0.25) is 0 Å². The maximum Gasteiger partial charge on any atom is 0.0285 e. The van der Waals surface area contributed by atoms with E-state index in [1.54, 1.807) is 0 Å². The van der Waals surface area contributed by atoms with E-state index in [0.29, 0.717) is 5.92 Å². The summed E-state index contributed by atoms with van der Waals surface area (Å²) in [5.74, 6) is 0.342. The zero-order valence-corrected chi connectivity index (χ0v) is 25.4. The second-order valence-electron chi connectivity index (χ2n) is 10.2. The van der Waals surface area contributed by atoms with E-state index >= 15 is 0 Å². The van der Waals surface area contributed by atoms with Crippen molar-refractivity contribution in [3.05, 3.63) is 178 Å². The van der Waals surface area contributed by atoms with Gasteiger partial charge in [-0.25, -0.2) is 0 Å². The molecule has 1 atom stereocenters. The molecule has 0 aliphatic heterocycles. The number of rotatable bonds is 9. The summed E-state index contributed by atoms with van der Waals surface area (Å²) in [5, 5.41) is 1.76. The first kappa shape index (κ1) is 27.6. The molecule has 0 radical (unpaired) electrons. The third-order valence-corrected chi connectivity index (χ3v) is 8.83. The minimum atomic E-state index is 0.342. The van der Waals surface area contributed by atoms with Crippen LogP contribution >= 0.6 is 31.9 Å². The van der Waals surface area contributed by atoms with Crippen LogP contribution in [0, 0.1) is 0 Å². The molecule has 4 aromatic carbocycles. The van der Waals surface area contributed by atoms with Gasteiger partial charge in [0.05, 0.1) is 0 Å². The van der Waals surface area contributed by atoms with Gasteiger partial charge >= 0.3 is 0 Å². The summed E-state index contributed by atoms with van der Waals surface area (Å²) in [6.45, 7) is 0. The third-order valence-electron chi connectivity index (χ3n) is 7.62. The molecule has 1 unspecified atom stereocenters. The fraction of sp³-hybridized carbons (Fsp3) is 0.189. The van der Waals surface area contributed by atoms with Crippen molar-refractivity contribution >= 4 is 31.9 Å². The van der Waals surface area contributed by atoms with Gasteiger partial charge in [-0.05, 0) is 75.8 Å². The SMILES string of the molecule is BrCc1ccccc1Cc1ccccc1CC1=C\C(c2ccccc2Cc2ccccc2CBr)C\C=C/C=C\1. The predicted molar refractivity (Wildman–Crippen MR) is 174 cm³/mol. The molecule has 0 aromatic heterocycles. The summed E-state index contributed by atoms with van der Waals surface area (Å²) >= 11 is 7.35. The molecule has 39 heavy (non-hydrogen) atoms. The average molecular weight is 638 g/mol. The highest BCUT2D eigenvalue weighted by molar-refractivity contribution is 9.08. The van der Waals surface area contributed by atoms with E-state index in [9.17, 15) is 0 Å². The molecular formula is C37H34Br2. The molecule has 0 saturated carbocycles. The van der Waals surface area contributed by atoms with Gasteiger partial charge in [0.15, 0.2) is 0 Å². The van der Waals surface area contributed by atoms with Gasteiger partial charge in [0.25, 0.3) is 0 Å². The third kappa shape index (κ3) is 7.18. The Labute approximate surface area is 250 Å². The average Bonchev–Trinajstić information content (AvgIpc) is 2.96. The van der Waals surface area contributed by atoms with E-state index < -0.39 is 0 Å². The van der Waals surface area contributed by atoms with E-state index in [1.165, 1.54) is 50.1 Å². The lowest BCUT2D eigenvalue weighted by Gasteiger charge is -2.20. The largest absolute Gasteiger partial charge is 0.0876 e. The Kier molecular flexibility index (Phi) is 9.86. The quantitative estimate of drug-likeness (QED) is 0.160. The summed E-state index contributed by atoms with van der Waals surface area (Å²) in [7, 11) is 0. The second kappa shape index (κ2) is 13.9. The van der Waals surface area contributed by atoms with Crippen molar-refractivity contribution in [1.82, 2.24) is 0 Å². The normalized spacial score (nSPS) is 18.0.